The first-order valence-corrected chi connectivity index (χ1v) is 17.0. The summed E-state index contributed by atoms with van der Waals surface area (Å²) in [7, 11) is 2.20. The van der Waals surface area contributed by atoms with E-state index in [2.05, 4.69) is 38.0 Å². The van der Waals surface area contributed by atoms with Crippen LogP contribution in [-0.2, 0) is 0 Å². The molecule has 0 amide bonds. The SMILES string of the molecule is C#Cc1cccc2c1[C@H](c1c(F)cc3c(N4CC5CCC(C4)N5)nc(OCC4(CN5CC6CN(C)CC65)CC4)nc3c1F)CC(O)=C2. The number of fused-ring (bicyclic) bond motifs is 5. The lowest BCUT2D eigenvalue weighted by atomic mass is 9.78. The number of anilines is 1. The average molecular weight is 639 g/mol. The van der Waals surface area contributed by atoms with Crippen LogP contribution in [0.3, 0.4) is 0 Å². The molecule has 47 heavy (non-hydrogen) atoms. The Hall–Kier alpha value is -3.78. The van der Waals surface area contributed by atoms with E-state index in [0.29, 0.717) is 65.7 Å². The number of aliphatic hydroxyl groups is 1. The number of aliphatic hydroxyl groups excluding tert-OH is 1. The summed E-state index contributed by atoms with van der Waals surface area (Å²) in [6.45, 7) is 6.27. The number of likely N-dealkylation sites (tertiary alicyclic amines) is 2. The largest absolute Gasteiger partial charge is 0.512 e. The number of terminal acetylenes is 1. The highest BCUT2D eigenvalue weighted by molar-refractivity contribution is 5.91. The molecule has 4 aliphatic heterocycles. The van der Waals surface area contributed by atoms with Gasteiger partial charge < -0.3 is 25.0 Å². The van der Waals surface area contributed by atoms with Crippen LogP contribution in [0.2, 0.25) is 0 Å². The minimum atomic E-state index is -0.811. The summed E-state index contributed by atoms with van der Waals surface area (Å²) in [5.74, 6) is 1.72. The molecule has 6 aliphatic rings. The molecule has 4 saturated heterocycles. The van der Waals surface area contributed by atoms with E-state index in [9.17, 15) is 5.11 Å². The predicted octanol–water partition coefficient (Wildman–Crippen LogP) is 4.67. The van der Waals surface area contributed by atoms with Crippen molar-refractivity contribution in [2.45, 2.75) is 56.1 Å². The number of nitrogens with zero attached hydrogens (tertiary/aromatic N) is 5. The highest BCUT2D eigenvalue weighted by atomic mass is 19.1. The number of likely N-dealkylation sites (N-methyl/N-ethyl adjacent to an activating group) is 1. The average Bonchev–Trinajstić information content (AvgIpc) is 3.65. The molecule has 2 bridgehead atoms. The molecular weight excluding hydrogens is 598 g/mol. The molecule has 4 unspecified atom stereocenters. The van der Waals surface area contributed by atoms with E-state index in [0.717, 1.165) is 51.2 Å². The molecule has 0 spiro atoms. The van der Waals surface area contributed by atoms with Crippen LogP contribution in [0.1, 0.15) is 60.3 Å². The third-order valence-corrected chi connectivity index (χ3v) is 11.7. The Morgan fingerprint density at radius 2 is 1.89 bits per heavy atom. The van der Waals surface area contributed by atoms with Gasteiger partial charge in [-0.15, -0.1) is 6.42 Å². The van der Waals surface area contributed by atoms with E-state index in [1.807, 2.05) is 0 Å². The molecule has 10 heteroatoms. The number of aromatic nitrogens is 2. The van der Waals surface area contributed by atoms with Crippen molar-refractivity contribution in [1.29, 1.82) is 0 Å². The molecule has 244 valence electrons. The predicted molar refractivity (Wildman–Crippen MR) is 177 cm³/mol. The maximum absolute atomic E-state index is 17.0. The number of halogens is 2. The third kappa shape index (κ3) is 4.97. The van der Waals surface area contributed by atoms with Gasteiger partial charge in [-0.2, -0.15) is 9.97 Å². The summed E-state index contributed by atoms with van der Waals surface area (Å²) in [6.07, 6.45) is 11.8. The van der Waals surface area contributed by atoms with Crippen molar-refractivity contribution in [3.63, 3.8) is 0 Å². The maximum Gasteiger partial charge on any atom is 0.319 e. The van der Waals surface area contributed by atoms with Crippen LogP contribution in [0.5, 0.6) is 6.01 Å². The fourth-order valence-electron chi connectivity index (χ4n) is 9.10. The minimum Gasteiger partial charge on any atom is -0.512 e. The van der Waals surface area contributed by atoms with Crippen molar-refractivity contribution in [3.05, 3.63) is 63.9 Å². The number of hydrogen-bond acceptors (Lipinski definition) is 8. The zero-order valence-electron chi connectivity index (χ0n) is 26.7. The van der Waals surface area contributed by atoms with Gasteiger partial charge >= 0.3 is 6.01 Å². The molecule has 5 atom stereocenters. The first kappa shape index (κ1) is 29.4. The van der Waals surface area contributed by atoms with Crippen molar-refractivity contribution in [3.8, 4) is 18.4 Å². The number of hydrogen-bond donors (Lipinski definition) is 2. The molecule has 5 heterocycles. The van der Waals surface area contributed by atoms with E-state index < -0.39 is 17.6 Å². The van der Waals surface area contributed by atoms with Gasteiger partial charge in [0.1, 0.15) is 17.2 Å². The topological polar surface area (TPSA) is 77.0 Å². The zero-order chi connectivity index (χ0) is 32.0. The Labute approximate surface area is 273 Å². The zero-order valence-corrected chi connectivity index (χ0v) is 26.7. The smallest absolute Gasteiger partial charge is 0.319 e. The Kier molecular flexibility index (Phi) is 6.79. The summed E-state index contributed by atoms with van der Waals surface area (Å²) < 4.78 is 39.6. The van der Waals surface area contributed by atoms with Crippen LogP contribution >= 0.6 is 0 Å². The summed E-state index contributed by atoms with van der Waals surface area (Å²) in [5, 5.41) is 14.6. The summed E-state index contributed by atoms with van der Waals surface area (Å²) >= 11 is 0. The van der Waals surface area contributed by atoms with Crippen molar-refractivity contribution >= 4 is 22.8 Å². The Balaban J connectivity index is 1.09. The van der Waals surface area contributed by atoms with Crippen molar-refractivity contribution in [1.82, 2.24) is 25.1 Å². The van der Waals surface area contributed by atoms with Crippen LogP contribution in [0.25, 0.3) is 17.0 Å². The van der Waals surface area contributed by atoms with Crippen LogP contribution in [0.4, 0.5) is 14.6 Å². The number of allylic oxidation sites excluding steroid dienone is 1. The molecule has 2 aliphatic carbocycles. The fraction of sp³-hybridized carbons (Fsp3) is 0.514. The lowest BCUT2D eigenvalue weighted by Crippen LogP contribution is -2.57. The summed E-state index contributed by atoms with van der Waals surface area (Å²) in [5.41, 5.74) is 1.77. The van der Waals surface area contributed by atoms with Gasteiger partial charge in [0.25, 0.3) is 0 Å². The number of rotatable bonds is 7. The van der Waals surface area contributed by atoms with Gasteiger partial charge in [-0.1, -0.05) is 18.1 Å². The first-order valence-electron chi connectivity index (χ1n) is 17.0. The second-order valence-electron chi connectivity index (χ2n) is 15.0. The second-order valence-corrected chi connectivity index (χ2v) is 15.0. The Morgan fingerprint density at radius 3 is 2.64 bits per heavy atom. The monoisotopic (exact) mass is 638 g/mol. The number of piperazine rings is 1. The molecule has 2 N–H and O–H groups in total. The van der Waals surface area contributed by atoms with Crippen molar-refractivity contribution < 1.29 is 18.6 Å². The molecule has 5 fully saturated rings. The normalized spacial score (nSPS) is 29.2. The third-order valence-electron chi connectivity index (χ3n) is 11.7. The number of benzene rings is 2. The molecular formula is C37H40F2N6O2. The van der Waals surface area contributed by atoms with Gasteiger partial charge in [-0.3, -0.25) is 4.90 Å². The van der Waals surface area contributed by atoms with Gasteiger partial charge in [0, 0.05) is 97.6 Å². The van der Waals surface area contributed by atoms with Gasteiger partial charge in [0.2, 0.25) is 0 Å². The van der Waals surface area contributed by atoms with E-state index >= 15 is 8.78 Å². The quantitative estimate of drug-likeness (QED) is 0.362. The summed E-state index contributed by atoms with van der Waals surface area (Å²) in [6, 6.07) is 8.08. The highest BCUT2D eigenvalue weighted by Gasteiger charge is 2.52. The summed E-state index contributed by atoms with van der Waals surface area (Å²) in [4.78, 5) is 16.7. The fourth-order valence-corrected chi connectivity index (χ4v) is 9.10. The van der Waals surface area contributed by atoms with Gasteiger partial charge in [-0.05, 0) is 62.1 Å². The van der Waals surface area contributed by atoms with Gasteiger partial charge in [-0.25, -0.2) is 8.78 Å². The number of ether oxygens (including phenoxy) is 1. The Bertz CT molecular complexity index is 1840. The van der Waals surface area contributed by atoms with Crippen LogP contribution < -0.4 is 15.0 Å². The molecule has 0 radical (unpaired) electrons. The molecule has 8 nitrogen and oxygen atoms in total. The van der Waals surface area contributed by atoms with E-state index in [1.165, 1.54) is 12.6 Å². The first-order chi connectivity index (χ1) is 22.8. The lowest BCUT2D eigenvalue weighted by Gasteiger charge is -2.45. The minimum absolute atomic E-state index is 0.0319. The van der Waals surface area contributed by atoms with Crippen molar-refractivity contribution in [2.24, 2.45) is 11.3 Å². The lowest BCUT2D eigenvalue weighted by molar-refractivity contribution is 0.0206. The van der Waals surface area contributed by atoms with E-state index in [1.54, 1.807) is 24.3 Å². The van der Waals surface area contributed by atoms with Crippen LogP contribution in [-0.4, -0.2) is 95.9 Å². The van der Waals surface area contributed by atoms with Crippen LogP contribution in [0.15, 0.2) is 30.0 Å². The molecule has 2 aromatic carbocycles. The second kappa shape index (κ2) is 10.9. The van der Waals surface area contributed by atoms with E-state index in [4.69, 9.17) is 16.1 Å². The highest BCUT2D eigenvalue weighted by Crippen LogP contribution is 2.49. The van der Waals surface area contributed by atoms with Gasteiger partial charge in [0.15, 0.2) is 5.82 Å². The van der Waals surface area contributed by atoms with Crippen LogP contribution in [0, 0.1) is 35.3 Å². The molecule has 1 saturated carbocycles. The number of nitrogens with one attached hydrogen (secondary N) is 1. The molecule has 3 aromatic rings. The van der Waals surface area contributed by atoms with Crippen molar-refractivity contribution in [2.75, 3.05) is 57.8 Å². The molecule has 1 aromatic heterocycles. The standard InChI is InChI=1S/C37H40F2N6O2/c1-3-21-5-4-6-22-11-26(46)12-27(31(21)22)32-29(38)13-28-34(33(32)39)41-36(42-35(28)44-16-24-7-8-25(17-44)40-24)47-20-37(9-10-37)19-45-15-23-14-43(2)18-30(23)45/h1,4-6,11,13,23-25,27,30,40,46H,7-10,12,14-20H2,2H3/t23?,24?,25?,27-,30?/m1/s1. The maximum atomic E-state index is 17.0. The Morgan fingerprint density at radius 1 is 1.09 bits per heavy atom. The van der Waals surface area contributed by atoms with Gasteiger partial charge in [0.05, 0.1) is 12.4 Å². The van der Waals surface area contributed by atoms with E-state index in [-0.39, 0.29) is 34.7 Å². The molecule has 9 rings (SSSR count).